The van der Waals surface area contributed by atoms with Gasteiger partial charge in [-0.15, -0.1) is 24.8 Å². The third-order valence-electron chi connectivity index (χ3n) is 4.74. The molecule has 0 unspecified atom stereocenters. The van der Waals surface area contributed by atoms with Crippen molar-refractivity contribution < 1.29 is 8.78 Å². The van der Waals surface area contributed by atoms with Crippen molar-refractivity contribution >= 4 is 24.8 Å². The fourth-order valence-corrected chi connectivity index (χ4v) is 3.38. The monoisotopic (exact) mass is 417 g/mol. The van der Waals surface area contributed by atoms with E-state index in [0.717, 1.165) is 56.7 Å². The van der Waals surface area contributed by atoms with Gasteiger partial charge in [-0.05, 0) is 54.8 Å². The summed E-state index contributed by atoms with van der Waals surface area (Å²) in [4.78, 5) is 2.44. The summed E-state index contributed by atoms with van der Waals surface area (Å²) in [5.74, 6) is -0.304. The minimum Gasteiger partial charge on any atom is -0.301 e. The van der Waals surface area contributed by atoms with E-state index in [9.17, 15) is 8.78 Å². The largest absolute Gasteiger partial charge is 0.301 e. The molecule has 2 aromatic rings. The van der Waals surface area contributed by atoms with E-state index in [1.54, 1.807) is 0 Å². The Bertz CT molecular complexity index is 600. The van der Waals surface area contributed by atoms with Crippen LogP contribution in [0.1, 0.15) is 29.9 Å². The van der Waals surface area contributed by atoms with Crippen LogP contribution < -0.4 is 10.9 Å². The predicted octanol–water partition coefficient (Wildman–Crippen LogP) is 4.13. The number of hydrazine groups is 1. The number of nitrogens with zero attached hydrogens (tertiary/aromatic N) is 1. The molecule has 150 valence electrons. The van der Waals surface area contributed by atoms with Crippen LogP contribution in [0.5, 0.6) is 0 Å². The second kappa shape index (κ2) is 12.3. The minimum absolute atomic E-state index is 0. The summed E-state index contributed by atoms with van der Waals surface area (Å²) in [6, 6.07) is 13.3. The Hall–Kier alpha value is -1.24. The van der Waals surface area contributed by atoms with E-state index in [2.05, 4.69) is 15.8 Å². The maximum atomic E-state index is 13.3. The fourth-order valence-electron chi connectivity index (χ4n) is 3.38. The molecule has 1 heterocycles. The molecular weight excluding hydrogens is 391 g/mol. The molecule has 1 aliphatic rings. The summed E-state index contributed by atoms with van der Waals surface area (Å²) in [5.41, 5.74) is 8.50. The van der Waals surface area contributed by atoms with Gasteiger partial charge in [-0.3, -0.25) is 10.9 Å². The maximum Gasteiger partial charge on any atom is 0.123 e. The standard InChI is InChI=1S/C20H25F2N3.2ClH/c21-18-7-3-16(4-8-18)20(17-5-9-19(22)10-6-17)2-1-13-25-14-11-23-24-12-15-25;;/h3-10,20,23-24H,1-2,11-15H2;2*1H. The first-order valence-corrected chi connectivity index (χ1v) is 8.91. The lowest BCUT2D eigenvalue weighted by atomic mass is 9.87. The molecule has 2 N–H and O–H groups in total. The van der Waals surface area contributed by atoms with Crippen LogP contribution in [0.2, 0.25) is 0 Å². The van der Waals surface area contributed by atoms with E-state index in [4.69, 9.17) is 0 Å². The molecule has 1 saturated heterocycles. The van der Waals surface area contributed by atoms with Gasteiger partial charge in [-0.1, -0.05) is 24.3 Å². The van der Waals surface area contributed by atoms with E-state index in [1.807, 2.05) is 24.3 Å². The van der Waals surface area contributed by atoms with Crippen LogP contribution in [0.15, 0.2) is 48.5 Å². The second-order valence-corrected chi connectivity index (χ2v) is 6.49. The van der Waals surface area contributed by atoms with Crippen LogP contribution in [0.4, 0.5) is 8.78 Å². The Kier molecular flexibility index (Phi) is 10.8. The number of halogens is 4. The predicted molar refractivity (Wildman–Crippen MR) is 111 cm³/mol. The quantitative estimate of drug-likeness (QED) is 0.739. The highest BCUT2D eigenvalue weighted by Gasteiger charge is 2.16. The molecule has 7 heteroatoms. The number of hydrogen-bond acceptors (Lipinski definition) is 3. The topological polar surface area (TPSA) is 27.3 Å². The molecule has 3 nitrogen and oxygen atoms in total. The van der Waals surface area contributed by atoms with Gasteiger partial charge in [-0.25, -0.2) is 8.78 Å². The summed E-state index contributed by atoms with van der Waals surface area (Å²) >= 11 is 0. The van der Waals surface area contributed by atoms with E-state index < -0.39 is 0 Å². The minimum atomic E-state index is -0.230. The first kappa shape index (κ1) is 23.8. The van der Waals surface area contributed by atoms with Crippen LogP contribution in [0, 0.1) is 11.6 Å². The van der Waals surface area contributed by atoms with Crippen molar-refractivity contribution in [1.82, 2.24) is 15.8 Å². The Morgan fingerprint density at radius 2 is 1.22 bits per heavy atom. The zero-order valence-corrected chi connectivity index (χ0v) is 16.8. The molecule has 27 heavy (non-hydrogen) atoms. The Labute approximate surface area is 172 Å². The second-order valence-electron chi connectivity index (χ2n) is 6.49. The third-order valence-corrected chi connectivity index (χ3v) is 4.74. The van der Waals surface area contributed by atoms with Crippen molar-refractivity contribution in [3.8, 4) is 0 Å². The third kappa shape index (κ3) is 7.35. The summed E-state index contributed by atoms with van der Waals surface area (Å²) in [5, 5.41) is 0. The van der Waals surface area contributed by atoms with E-state index >= 15 is 0 Å². The molecular formula is C20H27Cl2F2N3. The number of rotatable bonds is 6. The molecule has 0 radical (unpaired) electrons. The van der Waals surface area contributed by atoms with E-state index in [-0.39, 0.29) is 42.4 Å². The zero-order valence-electron chi connectivity index (χ0n) is 15.2. The zero-order chi connectivity index (χ0) is 17.5. The van der Waals surface area contributed by atoms with Crippen molar-refractivity contribution in [3.05, 3.63) is 71.3 Å². The van der Waals surface area contributed by atoms with Crippen LogP contribution in [-0.4, -0.2) is 37.6 Å². The summed E-state index contributed by atoms with van der Waals surface area (Å²) < 4.78 is 26.5. The van der Waals surface area contributed by atoms with Gasteiger partial charge in [0.1, 0.15) is 11.6 Å². The van der Waals surface area contributed by atoms with Crippen molar-refractivity contribution in [2.75, 3.05) is 32.7 Å². The number of hydrogen-bond donors (Lipinski definition) is 2. The average molecular weight is 418 g/mol. The van der Waals surface area contributed by atoms with Crippen LogP contribution >= 0.6 is 24.8 Å². The normalized spacial score (nSPS) is 14.9. The average Bonchev–Trinajstić information content (AvgIpc) is 2.90. The highest BCUT2D eigenvalue weighted by molar-refractivity contribution is 5.85. The van der Waals surface area contributed by atoms with Crippen molar-refractivity contribution in [2.45, 2.75) is 18.8 Å². The Balaban J connectivity index is 0.00000182. The van der Waals surface area contributed by atoms with Crippen molar-refractivity contribution in [1.29, 1.82) is 0 Å². The molecule has 0 spiro atoms. The first-order chi connectivity index (χ1) is 12.2. The molecule has 1 aliphatic heterocycles. The SMILES string of the molecule is Cl.Cl.Fc1ccc(C(CCCN2CCNNCC2)c2ccc(F)cc2)cc1. The number of nitrogens with one attached hydrogen (secondary N) is 2. The lowest BCUT2D eigenvalue weighted by molar-refractivity contribution is 0.290. The lowest BCUT2D eigenvalue weighted by Gasteiger charge is -2.22. The molecule has 0 amide bonds. The number of benzene rings is 2. The molecule has 3 rings (SSSR count). The van der Waals surface area contributed by atoms with Crippen molar-refractivity contribution in [3.63, 3.8) is 0 Å². The van der Waals surface area contributed by atoms with Gasteiger partial charge in [0.25, 0.3) is 0 Å². The van der Waals surface area contributed by atoms with Gasteiger partial charge >= 0.3 is 0 Å². The van der Waals surface area contributed by atoms with Crippen LogP contribution in [0.3, 0.4) is 0 Å². The first-order valence-electron chi connectivity index (χ1n) is 8.91. The van der Waals surface area contributed by atoms with Crippen LogP contribution in [0.25, 0.3) is 0 Å². The fraction of sp³-hybridized carbons (Fsp3) is 0.400. The van der Waals surface area contributed by atoms with Gasteiger partial charge in [-0.2, -0.15) is 0 Å². The summed E-state index contributed by atoms with van der Waals surface area (Å²) in [6.07, 6.45) is 1.99. The highest BCUT2D eigenvalue weighted by Crippen LogP contribution is 2.29. The van der Waals surface area contributed by atoms with Gasteiger partial charge in [0, 0.05) is 32.1 Å². The van der Waals surface area contributed by atoms with E-state index in [0.29, 0.717) is 0 Å². The summed E-state index contributed by atoms with van der Waals surface area (Å²) in [6.45, 7) is 4.98. The van der Waals surface area contributed by atoms with Crippen LogP contribution in [-0.2, 0) is 0 Å². The Morgan fingerprint density at radius 1 is 0.778 bits per heavy atom. The molecule has 1 fully saturated rings. The van der Waals surface area contributed by atoms with Gasteiger partial charge < -0.3 is 4.90 Å². The van der Waals surface area contributed by atoms with Gasteiger partial charge in [0.05, 0.1) is 0 Å². The Morgan fingerprint density at radius 3 is 1.67 bits per heavy atom. The molecule has 0 bridgehead atoms. The molecule has 0 aliphatic carbocycles. The molecule has 2 aromatic carbocycles. The van der Waals surface area contributed by atoms with Gasteiger partial charge in [0.2, 0.25) is 0 Å². The summed E-state index contributed by atoms with van der Waals surface area (Å²) in [7, 11) is 0. The highest BCUT2D eigenvalue weighted by atomic mass is 35.5. The smallest absolute Gasteiger partial charge is 0.123 e. The molecule has 0 aromatic heterocycles. The molecule has 0 saturated carbocycles. The van der Waals surface area contributed by atoms with Crippen molar-refractivity contribution in [2.24, 2.45) is 0 Å². The van der Waals surface area contributed by atoms with Gasteiger partial charge in [0.15, 0.2) is 0 Å². The maximum absolute atomic E-state index is 13.3. The lowest BCUT2D eigenvalue weighted by Crippen LogP contribution is -2.32. The van der Waals surface area contributed by atoms with E-state index in [1.165, 1.54) is 24.3 Å². The molecule has 0 atom stereocenters.